The Bertz CT molecular complexity index is 634. The van der Waals surface area contributed by atoms with Crippen molar-refractivity contribution in [1.29, 1.82) is 0 Å². The predicted octanol–water partition coefficient (Wildman–Crippen LogP) is 2.30. The largest absolute Gasteiger partial charge is 0.392 e. The fourth-order valence-electron chi connectivity index (χ4n) is 1.69. The van der Waals surface area contributed by atoms with Gasteiger partial charge in [0.25, 0.3) is 5.91 Å². The molecule has 0 radical (unpaired) electrons. The third kappa shape index (κ3) is 3.31. The predicted molar refractivity (Wildman–Crippen MR) is 72.7 cm³/mol. The molecule has 0 unspecified atom stereocenters. The van der Waals surface area contributed by atoms with E-state index >= 15 is 0 Å². The van der Waals surface area contributed by atoms with Gasteiger partial charge in [0.15, 0.2) is 0 Å². The molecule has 2 rings (SSSR count). The molecule has 20 heavy (non-hydrogen) atoms. The number of carbonyl (C=O) groups excluding carboxylic acids is 1. The van der Waals surface area contributed by atoms with Gasteiger partial charge in [0.1, 0.15) is 11.0 Å². The van der Waals surface area contributed by atoms with E-state index in [2.05, 4.69) is 10.3 Å². The number of halogens is 2. The Morgan fingerprint density at radius 2 is 2.20 bits per heavy atom. The van der Waals surface area contributed by atoms with E-state index in [1.165, 1.54) is 18.3 Å². The Hall–Kier alpha value is -1.98. The average Bonchev–Trinajstić information content (AvgIpc) is 2.46. The Balaban J connectivity index is 2.06. The SMILES string of the molecule is O=C(NCc1ccc(F)c(CO)c1)c1cccnc1Cl. The standard InChI is InChI=1S/C14H12ClFN2O2/c15-13-11(2-1-5-17-13)14(20)18-7-9-3-4-12(16)10(6-9)8-19/h1-6,19H,7-8H2,(H,18,20). The van der Waals surface area contributed by atoms with E-state index in [4.69, 9.17) is 16.7 Å². The summed E-state index contributed by atoms with van der Waals surface area (Å²) in [6.45, 7) is -0.181. The summed E-state index contributed by atoms with van der Waals surface area (Å²) in [7, 11) is 0. The van der Waals surface area contributed by atoms with Gasteiger partial charge < -0.3 is 10.4 Å². The Kier molecular flexibility index (Phi) is 4.65. The van der Waals surface area contributed by atoms with E-state index < -0.39 is 5.82 Å². The van der Waals surface area contributed by atoms with E-state index in [0.29, 0.717) is 5.56 Å². The van der Waals surface area contributed by atoms with E-state index in [-0.39, 0.29) is 35.3 Å². The summed E-state index contributed by atoms with van der Waals surface area (Å²) in [5, 5.41) is 11.8. The first-order valence-corrected chi connectivity index (χ1v) is 6.26. The number of benzene rings is 1. The summed E-state index contributed by atoms with van der Waals surface area (Å²) in [6, 6.07) is 7.47. The minimum atomic E-state index is -0.474. The highest BCUT2D eigenvalue weighted by atomic mass is 35.5. The first kappa shape index (κ1) is 14.4. The van der Waals surface area contributed by atoms with Gasteiger partial charge in [-0.2, -0.15) is 0 Å². The Morgan fingerprint density at radius 1 is 1.40 bits per heavy atom. The number of nitrogens with zero attached hydrogens (tertiary/aromatic N) is 1. The molecule has 0 bridgehead atoms. The number of carbonyl (C=O) groups is 1. The number of pyridine rings is 1. The highest BCUT2D eigenvalue weighted by Gasteiger charge is 2.10. The fraction of sp³-hybridized carbons (Fsp3) is 0.143. The molecule has 1 aromatic heterocycles. The smallest absolute Gasteiger partial charge is 0.254 e. The van der Waals surface area contributed by atoms with Crippen LogP contribution in [0.3, 0.4) is 0 Å². The van der Waals surface area contributed by atoms with Crippen LogP contribution in [-0.4, -0.2) is 16.0 Å². The lowest BCUT2D eigenvalue weighted by Crippen LogP contribution is -2.23. The van der Waals surface area contributed by atoms with Crippen molar-refractivity contribution in [3.05, 3.63) is 64.2 Å². The lowest BCUT2D eigenvalue weighted by molar-refractivity contribution is 0.0950. The highest BCUT2D eigenvalue weighted by Crippen LogP contribution is 2.13. The molecule has 0 saturated heterocycles. The molecule has 2 aromatic rings. The van der Waals surface area contributed by atoms with Crippen LogP contribution in [0.5, 0.6) is 0 Å². The van der Waals surface area contributed by atoms with E-state index in [9.17, 15) is 9.18 Å². The summed E-state index contributed by atoms with van der Waals surface area (Å²) >= 11 is 5.81. The number of nitrogens with one attached hydrogen (secondary N) is 1. The lowest BCUT2D eigenvalue weighted by atomic mass is 10.1. The van der Waals surface area contributed by atoms with Crippen molar-refractivity contribution in [1.82, 2.24) is 10.3 Å². The van der Waals surface area contributed by atoms with Gasteiger partial charge in [-0.25, -0.2) is 9.37 Å². The molecule has 0 saturated carbocycles. The van der Waals surface area contributed by atoms with Gasteiger partial charge in [0, 0.05) is 18.3 Å². The van der Waals surface area contributed by atoms with Crippen LogP contribution in [0.1, 0.15) is 21.5 Å². The number of aliphatic hydroxyl groups excluding tert-OH is 1. The molecule has 1 aromatic carbocycles. The molecule has 0 fully saturated rings. The van der Waals surface area contributed by atoms with Crippen molar-refractivity contribution in [3.63, 3.8) is 0 Å². The number of aliphatic hydroxyl groups is 1. The monoisotopic (exact) mass is 294 g/mol. The molecule has 0 aliphatic heterocycles. The van der Waals surface area contributed by atoms with E-state index in [1.54, 1.807) is 18.2 Å². The van der Waals surface area contributed by atoms with Gasteiger partial charge in [0.2, 0.25) is 0 Å². The molecular formula is C14H12ClFN2O2. The molecule has 0 aliphatic carbocycles. The molecule has 104 valence electrons. The van der Waals surface area contributed by atoms with Crippen molar-refractivity contribution >= 4 is 17.5 Å². The molecule has 1 heterocycles. The molecule has 1 amide bonds. The Labute approximate surface area is 120 Å². The normalized spacial score (nSPS) is 10.3. The summed E-state index contributed by atoms with van der Waals surface area (Å²) in [5.41, 5.74) is 1.15. The maximum absolute atomic E-state index is 13.2. The van der Waals surface area contributed by atoms with Gasteiger partial charge in [-0.3, -0.25) is 4.79 Å². The van der Waals surface area contributed by atoms with Crippen molar-refractivity contribution in [2.24, 2.45) is 0 Å². The second-order valence-corrected chi connectivity index (χ2v) is 4.47. The maximum Gasteiger partial charge on any atom is 0.254 e. The van der Waals surface area contributed by atoms with Crippen molar-refractivity contribution in [2.45, 2.75) is 13.2 Å². The zero-order chi connectivity index (χ0) is 14.5. The minimum Gasteiger partial charge on any atom is -0.392 e. The molecule has 2 N–H and O–H groups in total. The van der Waals surface area contributed by atoms with Crippen LogP contribution in [-0.2, 0) is 13.2 Å². The van der Waals surface area contributed by atoms with E-state index in [0.717, 1.165) is 0 Å². The van der Waals surface area contributed by atoms with Crippen LogP contribution < -0.4 is 5.32 Å². The number of hydrogen-bond donors (Lipinski definition) is 2. The number of aromatic nitrogens is 1. The number of amides is 1. The number of rotatable bonds is 4. The van der Waals surface area contributed by atoms with Crippen LogP contribution in [0.4, 0.5) is 4.39 Å². The van der Waals surface area contributed by atoms with Gasteiger partial charge in [-0.15, -0.1) is 0 Å². The van der Waals surface area contributed by atoms with Crippen LogP contribution in [0, 0.1) is 5.82 Å². The van der Waals surface area contributed by atoms with Gasteiger partial charge in [0.05, 0.1) is 12.2 Å². The average molecular weight is 295 g/mol. The van der Waals surface area contributed by atoms with Gasteiger partial charge in [-0.05, 0) is 29.8 Å². The molecule has 0 aliphatic rings. The minimum absolute atomic E-state index is 0.125. The van der Waals surface area contributed by atoms with E-state index in [1.807, 2.05) is 0 Å². The molecule has 0 spiro atoms. The zero-order valence-corrected chi connectivity index (χ0v) is 11.2. The van der Waals surface area contributed by atoms with Crippen LogP contribution in [0.25, 0.3) is 0 Å². The van der Waals surface area contributed by atoms with Crippen LogP contribution in [0.15, 0.2) is 36.5 Å². The van der Waals surface area contributed by atoms with Crippen LogP contribution >= 0.6 is 11.6 Å². The first-order chi connectivity index (χ1) is 9.61. The second kappa shape index (κ2) is 6.45. The van der Waals surface area contributed by atoms with Crippen molar-refractivity contribution in [2.75, 3.05) is 0 Å². The van der Waals surface area contributed by atoms with Gasteiger partial charge >= 0.3 is 0 Å². The molecule has 6 heteroatoms. The number of hydrogen-bond acceptors (Lipinski definition) is 3. The summed E-state index contributed by atoms with van der Waals surface area (Å²) in [5.74, 6) is -0.837. The lowest BCUT2D eigenvalue weighted by Gasteiger charge is -2.08. The maximum atomic E-state index is 13.2. The molecule has 0 atom stereocenters. The summed E-state index contributed by atoms with van der Waals surface area (Å²) in [4.78, 5) is 15.7. The fourth-order valence-corrected chi connectivity index (χ4v) is 1.90. The quantitative estimate of drug-likeness (QED) is 0.851. The first-order valence-electron chi connectivity index (χ1n) is 5.88. The summed E-state index contributed by atoms with van der Waals surface area (Å²) in [6.07, 6.45) is 1.49. The van der Waals surface area contributed by atoms with Crippen molar-refractivity contribution < 1.29 is 14.3 Å². The highest BCUT2D eigenvalue weighted by molar-refractivity contribution is 6.32. The zero-order valence-electron chi connectivity index (χ0n) is 10.4. The second-order valence-electron chi connectivity index (χ2n) is 4.11. The Morgan fingerprint density at radius 3 is 2.90 bits per heavy atom. The van der Waals surface area contributed by atoms with Crippen molar-refractivity contribution in [3.8, 4) is 0 Å². The third-order valence-electron chi connectivity index (χ3n) is 2.74. The molecule has 4 nitrogen and oxygen atoms in total. The summed E-state index contributed by atoms with van der Waals surface area (Å²) < 4.78 is 13.2. The van der Waals surface area contributed by atoms with Gasteiger partial charge in [-0.1, -0.05) is 17.7 Å². The molecular weight excluding hydrogens is 283 g/mol. The topological polar surface area (TPSA) is 62.2 Å². The third-order valence-corrected chi connectivity index (χ3v) is 3.04. The van der Waals surface area contributed by atoms with Crippen LogP contribution in [0.2, 0.25) is 5.15 Å².